The summed E-state index contributed by atoms with van der Waals surface area (Å²) in [5.41, 5.74) is 2.38. The molecule has 0 aliphatic rings. The zero-order chi connectivity index (χ0) is 20.9. The minimum absolute atomic E-state index is 0.331. The van der Waals surface area contributed by atoms with Crippen molar-refractivity contribution in [2.75, 3.05) is 6.61 Å². The van der Waals surface area contributed by atoms with E-state index in [4.69, 9.17) is 13.6 Å². The molecule has 0 atom stereocenters. The van der Waals surface area contributed by atoms with Crippen LogP contribution in [0.5, 0.6) is 0 Å². The van der Waals surface area contributed by atoms with Crippen molar-refractivity contribution in [1.29, 1.82) is 5.26 Å². The predicted octanol–water partition coefficient (Wildman–Crippen LogP) is 5.90. The van der Waals surface area contributed by atoms with Crippen molar-refractivity contribution in [1.82, 2.24) is 4.98 Å². The predicted molar refractivity (Wildman–Crippen MR) is 113 cm³/mol. The number of hydrogen-bond acceptors (Lipinski definition) is 7. The molecular formula is C23H16N2O4S. The lowest BCUT2D eigenvalue weighted by Crippen LogP contribution is -2.03. The highest BCUT2D eigenvalue weighted by atomic mass is 32.1. The number of hydrogen-bond donors (Lipinski definition) is 0. The molecule has 0 amide bonds. The van der Waals surface area contributed by atoms with Crippen molar-refractivity contribution < 1.29 is 18.4 Å². The van der Waals surface area contributed by atoms with Crippen LogP contribution >= 0.6 is 11.3 Å². The van der Waals surface area contributed by atoms with E-state index >= 15 is 0 Å². The Morgan fingerprint density at radius 1 is 1.20 bits per heavy atom. The third-order valence-corrected chi connectivity index (χ3v) is 5.10. The lowest BCUT2D eigenvalue weighted by molar-refractivity contribution is 0.0526. The number of carbonyl (C=O) groups is 1. The van der Waals surface area contributed by atoms with Gasteiger partial charge in [-0.2, -0.15) is 5.26 Å². The first-order valence-electron chi connectivity index (χ1n) is 9.17. The molecule has 0 spiro atoms. The van der Waals surface area contributed by atoms with E-state index in [2.05, 4.69) is 11.1 Å². The molecule has 1 aromatic carbocycles. The minimum atomic E-state index is -0.358. The van der Waals surface area contributed by atoms with Gasteiger partial charge in [-0.25, -0.2) is 9.78 Å². The fourth-order valence-electron chi connectivity index (χ4n) is 2.79. The third-order valence-electron chi connectivity index (χ3n) is 4.22. The second kappa shape index (κ2) is 8.64. The van der Waals surface area contributed by atoms with Gasteiger partial charge in [0.1, 0.15) is 28.3 Å². The van der Waals surface area contributed by atoms with E-state index in [1.807, 2.05) is 17.5 Å². The summed E-state index contributed by atoms with van der Waals surface area (Å²) in [6, 6.07) is 16.4. The quantitative estimate of drug-likeness (QED) is 0.287. The van der Waals surface area contributed by atoms with Crippen LogP contribution in [0.15, 0.2) is 69.0 Å². The molecule has 0 saturated carbocycles. The van der Waals surface area contributed by atoms with E-state index in [0.717, 1.165) is 5.56 Å². The summed E-state index contributed by atoms with van der Waals surface area (Å²) < 4.78 is 16.2. The molecule has 30 heavy (non-hydrogen) atoms. The Bertz CT molecular complexity index is 1220. The van der Waals surface area contributed by atoms with Gasteiger partial charge in [0.25, 0.3) is 0 Å². The zero-order valence-corrected chi connectivity index (χ0v) is 16.8. The van der Waals surface area contributed by atoms with Crippen LogP contribution in [0.4, 0.5) is 0 Å². The van der Waals surface area contributed by atoms with Crippen molar-refractivity contribution >= 4 is 29.0 Å². The number of benzene rings is 1. The maximum absolute atomic E-state index is 11.8. The average molecular weight is 416 g/mol. The molecule has 4 rings (SSSR count). The van der Waals surface area contributed by atoms with E-state index in [1.165, 1.54) is 11.3 Å². The molecule has 4 aromatic rings. The number of esters is 1. The second-order valence-electron chi connectivity index (χ2n) is 6.18. The van der Waals surface area contributed by atoms with Gasteiger partial charge in [-0.05, 0) is 43.3 Å². The zero-order valence-electron chi connectivity index (χ0n) is 16.0. The molecule has 0 radical (unpaired) electrons. The van der Waals surface area contributed by atoms with Gasteiger partial charge in [-0.15, -0.1) is 11.3 Å². The van der Waals surface area contributed by atoms with Crippen LogP contribution in [0.2, 0.25) is 0 Å². The fourth-order valence-corrected chi connectivity index (χ4v) is 3.56. The molecular weight excluding hydrogens is 400 g/mol. The molecule has 0 aliphatic carbocycles. The van der Waals surface area contributed by atoms with E-state index < -0.39 is 0 Å². The molecule has 0 aliphatic heterocycles. The maximum atomic E-state index is 11.8. The Balaban J connectivity index is 1.55. The largest absolute Gasteiger partial charge is 0.463 e. The van der Waals surface area contributed by atoms with Crippen molar-refractivity contribution in [3.8, 4) is 28.8 Å². The summed E-state index contributed by atoms with van der Waals surface area (Å²) in [4.78, 5) is 16.2. The summed E-state index contributed by atoms with van der Waals surface area (Å²) in [5, 5.41) is 12.0. The topological polar surface area (TPSA) is 89.3 Å². The average Bonchev–Trinajstić information content (AvgIpc) is 3.54. The summed E-state index contributed by atoms with van der Waals surface area (Å²) in [7, 11) is 0. The highest BCUT2D eigenvalue weighted by Crippen LogP contribution is 2.29. The molecule has 0 N–H and O–H groups in total. The molecule has 7 heteroatoms. The second-order valence-corrected chi connectivity index (χ2v) is 7.04. The number of rotatable bonds is 6. The lowest BCUT2D eigenvalue weighted by atomic mass is 10.1. The van der Waals surface area contributed by atoms with Crippen LogP contribution in [-0.2, 0) is 4.74 Å². The Hall–Kier alpha value is -3.89. The van der Waals surface area contributed by atoms with Crippen LogP contribution in [0.25, 0.3) is 34.4 Å². The van der Waals surface area contributed by atoms with Crippen LogP contribution in [0.3, 0.4) is 0 Å². The van der Waals surface area contributed by atoms with Crippen LogP contribution in [-0.4, -0.2) is 17.6 Å². The van der Waals surface area contributed by atoms with Gasteiger partial charge >= 0.3 is 5.97 Å². The molecule has 3 aromatic heterocycles. The number of ether oxygens (including phenoxy) is 1. The smallest absolute Gasteiger partial charge is 0.338 e. The van der Waals surface area contributed by atoms with Crippen molar-refractivity contribution in [3.05, 3.63) is 76.5 Å². The SMILES string of the molecule is CCOC(=O)c1ccc(-c2ccc(C=C(C#N)c3nc(-c4ccco4)cs3)o2)cc1. The van der Waals surface area contributed by atoms with Gasteiger partial charge in [0.15, 0.2) is 5.76 Å². The Labute approximate surface area is 176 Å². The normalized spacial score (nSPS) is 11.3. The first-order valence-corrected chi connectivity index (χ1v) is 10.0. The maximum Gasteiger partial charge on any atom is 0.338 e. The van der Waals surface area contributed by atoms with Gasteiger partial charge in [0, 0.05) is 17.0 Å². The Morgan fingerprint density at radius 3 is 2.73 bits per heavy atom. The number of carbonyl (C=O) groups excluding carboxylic acids is 1. The van der Waals surface area contributed by atoms with E-state index in [-0.39, 0.29) is 5.97 Å². The summed E-state index contributed by atoms with van der Waals surface area (Å²) >= 11 is 1.36. The first-order chi connectivity index (χ1) is 14.7. The van der Waals surface area contributed by atoms with E-state index in [1.54, 1.807) is 55.7 Å². The molecule has 0 fully saturated rings. The molecule has 6 nitrogen and oxygen atoms in total. The summed E-state index contributed by atoms with van der Waals surface area (Å²) in [5.74, 6) is 1.46. The lowest BCUT2D eigenvalue weighted by Gasteiger charge is -2.02. The Kier molecular flexibility index (Phi) is 5.59. The van der Waals surface area contributed by atoms with Crippen LogP contribution in [0, 0.1) is 11.3 Å². The van der Waals surface area contributed by atoms with E-state index in [0.29, 0.717) is 45.7 Å². The highest BCUT2D eigenvalue weighted by molar-refractivity contribution is 7.11. The number of aromatic nitrogens is 1. The molecule has 0 unspecified atom stereocenters. The molecule has 0 saturated heterocycles. The number of allylic oxidation sites excluding steroid dienone is 1. The van der Waals surface area contributed by atoms with Crippen LogP contribution in [0.1, 0.15) is 28.0 Å². The van der Waals surface area contributed by atoms with Gasteiger partial charge in [0.05, 0.1) is 24.0 Å². The monoisotopic (exact) mass is 416 g/mol. The van der Waals surface area contributed by atoms with Gasteiger partial charge in [0.2, 0.25) is 0 Å². The summed E-state index contributed by atoms with van der Waals surface area (Å²) in [6.07, 6.45) is 3.24. The van der Waals surface area contributed by atoms with Gasteiger partial charge < -0.3 is 13.6 Å². The van der Waals surface area contributed by atoms with Crippen molar-refractivity contribution in [3.63, 3.8) is 0 Å². The van der Waals surface area contributed by atoms with Gasteiger partial charge in [-0.1, -0.05) is 12.1 Å². The number of nitrogens with zero attached hydrogens (tertiary/aromatic N) is 2. The first kappa shape index (κ1) is 19.4. The van der Waals surface area contributed by atoms with Crippen LogP contribution < -0.4 is 0 Å². The standard InChI is InChI=1S/C23H16N2O4S/c1-2-27-23(26)16-7-5-15(6-8-16)20-10-9-18(29-20)12-17(13-24)22-25-19(14-30-22)21-4-3-11-28-21/h3-12,14H,2H2,1H3. The van der Waals surface area contributed by atoms with Gasteiger partial charge in [-0.3, -0.25) is 0 Å². The molecule has 3 heterocycles. The fraction of sp³-hybridized carbons (Fsp3) is 0.0870. The van der Waals surface area contributed by atoms with Crippen molar-refractivity contribution in [2.24, 2.45) is 0 Å². The number of nitriles is 1. The minimum Gasteiger partial charge on any atom is -0.463 e. The third kappa shape index (κ3) is 4.09. The van der Waals surface area contributed by atoms with Crippen molar-refractivity contribution in [2.45, 2.75) is 6.92 Å². The van der Waals surface area contributed by atoms with E-state index in [9.17, 15) is 10.1 Å². The summed E-state index contributed by atoms with van der Waals surface area (Å²) in [6.45, 7) is 2.10. The molecule has 148 valence electrons. The highest BCUT2D eigenvalue weighted by Gasteiger charge is 2.12. The molecule has 0 bridgehead atoms. The Morgan fingerprint density at radius 2 is 2.03 bits per heavy atom. The number of thiazole rings is 1. The number of furan rings is 2.